The number of benzene rings is 1. The van der Waals surface area contributed by atoms with Gasteiger partial charge in [-0.1, -0.05) is 37.3 Å². The van der Waals surface area contributed by atoms with Crippen LogP contribution in [0.25, 0.3) is 0 Å². The lowest BCUT2D eigenvalue weighted by Gasteiger charge is -2.15. The molecule has 1 aromatic rings. The summed E-state index contributed by atoms with van der Waals surface area (Å²) >= 11 is 0. The monoisotopic (exact) mass is 179 g/mol. The van der Waals surface area contributed by atoms with E-state index in [0.29, 0.717) is 0 Å². The Kier molecular flexibility index (Phi) is 4.50. The lowest BCUT2D eigenvalue weighted by molar-refractivity contribution is 0.245. The van der Waals surface area contributed by atoms with Crippen molar-refractivity contribution in [2.45, 2.75) is 19.4 Å². The lowest BCUT2D eigenvalue weighted by Crippen LogP contribution is -2.24. The maximum Gasteiger partial charge on any atom is 0.0626 e. The lowest BCUT2D eigenvalue weighted by atomic mass is 10.1. The number of hydrogen-bond acceptors (Lipinski definition) is 2. The van der Waals surface area contributed by atoms with E-state index in [1.807, 2.05) is 30.3 Å². The van der Waals surface area contributed by atoms with Gasteiger partial charge in [0.1, 0.15) is 0 Å². The van der Waals surface area contributed by atoms with Gasteiger partial charge in [0.15, 0.2) is 0 Å². The van der Waals surface area contributed by atoms with Crippen molar-refractivity contribution in [3.63, 3.8) is 0 Å². The smallest absolute Gasteiger partial charge is 0.0626 e. The van der Waals surface area contributed by atoms with Crippen LogP contribution in [0.1, 0.15) is 24.9 Å². The van der Waals surface area contributed by atoms with E-state index in [-0.39, 0.29) is 12.6 Å². The van der Waals surface area contributed by atoms with E-state index in [0.717, 1.165) is 18.5 Å². The molecule has 0 fully saturated rings. The van der Waals surface area contributed by atoms with Crippen molar-refractivity contribution < 1.29 is 5.11 Å². The third-order valence-corrected chi connectivity index (χ3v) is 2.03. The highest BCUT2D eigenvalue weighted by atomic mass is 16.3. The predicted octanol–water partition coefficient (Wildman–Crippen LogP) is 1.72. The van der Waals surface area contributed by atoms with Crippen LogP contribution in [-0.2, 0) is 0 Å². The first kappa shape index (κ1) is 10.2. The van der Waals surface area contributed by atoms with E-state index in [1.54, 1.807) is 0 Å². The van der Waals surface area contributed by atoms with E-state index < -0.39 is 0 Å². The molecule has 0 aliphatic rings. The van der Waals surface area contributed by atoms with Crippen molar-refractivity contribution in [3.8, 4) is 0 Å². The molecule has 0 amide bonds. The molecule has 0 saturated heterocycles. The normalized spacial score (nSPS) is 12.8. The van der Waals surface area contributed by atoms with Gasteiger partial charge in [0, 0.05) is 0 Å². The molecule has 0 radical (unpaired) electrons. The van der Waals surface area contributed by atoms with Crippen LogP contribution in [-0.4, -0.2) is 18.3 Å². The van der Waals surface area contributed by atoms with E-state index >= 15 is 0 Å². The van der Waals surface area contributed by atoms with Crippen LogP contribution in [0.2, 0.25) is 0 Å². The summed E-state index contributed by atoms with van der Waals surface area (Å²) in [6.07, 6.45) is 1.09. The van der Waals surface area contributed by atoms with Crippen molar-refractivity contribution in [2.75, 3.05) is 13.2 Å². The first-order chi connectivity index (χ1) is 6.38. The molecule has 0 aliphatic carbocycles. The molecule has 0 unspecified atom stereocenters. The highest BCUT2D eigenvalue weighted by Crippen LogP contribution is 2.10. The van der Waals surface area contributed by atoms with Crippen LogP contribution in [0.3, 0.4) is 0 Å². The fourth-order valence-electron chi connectivity index (χ4n) is 1.29. The maximum atomic E-state index is 9.14. The zero-order chi connectivity index (χ0) is 9.52. The van der Waals surface area contributed by atoms with Crippen molar-refractivity contribution in [2.24, 2.45) is 0 Å². The summed E-state index contributed by atoms with van der Waals surface area (Å²) in [6, 6.07) is 10.1. The zero-order valence-electron chi connectivity index (χ0n) is 8.03. The van der Waals surface area contributed by atoms with Gasteiger partial charge in [0.25, 0.3) is 0 Å². The molecule has 1 atom stereocenters. The quantitative estimate of drug-likeness (QED) is 0.721. The van der Waals surface area contributed by atoms with Crippen molar-refractivity contribution in [1.82, 2.24) is 5.32 Å². The third kappa shape index (κ3) is 3.17. The zero-order valence-corrected chi connectivity index (χ0v) is 8.03. The number of nitrogens with one attached hydrogen (secondary N) is 1. The van der Waals surface area contributed by atoms with E-state index in [2.05, 4.69) is 12.2 Å². The minimum Gasteiger partial charge on any atom is -0.394 e. The fraction of sp³-hybridized carbons (Fsp3) is 0.455. The van der Waals surface area contributed by atoms with Gasteiger partial charge in [-0.2, -0.15) is 0 Å². The molecule has 1 rings (SSSR count). The molecule has 0 heterocycles. The summed E-state index contributed by atoms with van der Waals surface area (Å²) < 4.78 is 0. The summed E-state index contributed by atoms with van der Waals surface area (Å²) in [5.74, 6) is 0. The topological polar surface area (TPSA) is 32.3 Å². The average molecular weight is 179 g/mol. The largest absolute Gasteiger partial charge is 0.394 e. The Labute approximate surface area is 79.6 Å². The Hall–Kier alpha value is -0.860. The van der Waals surface area contributed by atoms with Gasteiger partial charge in [0.05, 0.1) is 12.6 Å². The minimum atomic E-state index is 0.0844. The molecule has 2 nitrogen and oxygen atoms in total. The number of aliphatic hydroxyl groups is 1. The second kappa shape index (κ2) is 5.73. The molecular formula is C11H17NO. The summed E-state index contributed by atoms with van der Waals surface area (Å²) in [5, 5.41) is 12.4. The Balaban J connectivity index is 2.56. The Morgan fingerprint density at radius 3 is 2.54 bits per heavy atom. The van der Waals surface area contributed by atoms with Gasteiger partial charge in [-0.15, -0.1) is 0 Å². The molecule has 0 aliphatic heterocycles. The van der Waals surface area contributed by atoms with Crippen LogP contribution < -0.4 is 5.32 Å². The SMILES string of the molecule is CCCN[C@H](CO)c1ccccc1. The number of aliphatic hydroxyl groups excluding tert-OH is 1. The maximum absolute atomic E-state index is 9.14. The Bertz CT molecular complexity index is 223. The molecule has 13 heavy (non-hydrogen) atoms. The van der Waals surface area contributed by atoms with E-state index in [4.69, 9.17) is 5.11 Å². The van der Waals surface area contributed by atoms with Gasteiger partial charge in [-0.3, -0.25) is 0 Å². The van der Waals surface area contributed by atoms with E-state index in [9.17, 15) is 0 Å². The van der Waals surface area contributed by atoms with Crippen LogP contribution in [0, 0.1) is 0 Å². The van der Waals surface area contributed by atoms with Crippen molar-refractivity contribution in [1.29, 1.82) is 0 Å². The molecule has 0 spiro atoms. The summed E-state index contributed by atoms with van der Waals surface area (Å²) in [7, 11) is 0. The van der Waals surface area contributed by atoms with Crippen LogP contribution >= 0.6 is 0 Å². The summed E-state index contributed by atoms with van der Waals surface area (Å²) in [6.45, 7) is 3.22. The van der Waals surface area contributed by atoms with Crippen LogP contribution in [0.15, 0.2) is 30.3 Å². The molecule has 1 aromatic carbocycles. The molecule has 72 valence electrons. The first-order valence-corrected chi connectivity index (χ1v) is 4.77. The predicted molar refractivity (Wildman–Crippen MR) is 54.6 cm³/mol. The Morgan fingerprint density at radius 2 is 2.00 bits per heavy atom. The second-order valence-electron chi connectivity index (χ2n) is 3.10. The number of hydrogen-bond donors (Lipinski definition) is 2. The van der Waals surface area contributed by atoms with Crippen molar-refractivity contribution in [3.05, 3.63) is 35.9 Å². The van der Waals surface area contributed by atoms with E-state index in [1.165, 1.54) is 0 Å². The summed E-state index contributed by atoms with van der Waals surface area (Å²) in [4.78, 5) is 0. The van der Waals surface area contributed by atoms with Gasteiger partial charge in [-0.05, 0) is 18.5 Å². The fourth-order valence-corrected chi connectivity index (χ4v) is 1.29. The standard InChI is InChI=1S/C11H17NO/c1-2-8-12-11(9-13)10-6-4-3-5-7-10/h3-7,11-13H,2,8-9H2,1H3/t11-/m1/s1. The third-order valence-electron chi connectivity index (χ3n) is 2.03. The molecular weight excluding hydrogens is 162 g/mol. The molecule has 0 saturated carbocycles. The van der Waals surface area contributed by atoms with Gasteiger partial charge >= 0.3 is 0 Å². The van der Waals surface area contributed by atoms with Crippen molar-refractivity contribution >= 4 is 0 Å². The first-order valence-electron chi connectivity index (χ1n) is 4.77. The average Bonchev–Trinajstić information content (AvgIpc) is 2.21. The minimum absolute atomic E-state index is 0.0844. The van der Waals surface area contributed by atoms with Gasteiger partial charge in [-0.25, -0.2) is 0 Å². The highest BCUT2D eigenvalue weighted by molar-refractivity contribution is 5.18. The number of rotatable bonds is 5. The second-order valence-corrected chi connectivity index (χ2v) is 3.10. The summed E-state index contributed by atoms with van der Waals surface area (Å²) in [5.41, 5.74) is 1.15. The van der Waals surface area contributed by atoms with Crippen LogP contribution in [0.5, 0.6) is 0 Å². The van der Waals surface area contributed by atoms with Crippen LogP contribution in [0.4, 0.5) is 0 Å². The molecule has 0 bridgehead atoms. The molecule has 2 N–H and O–H groups in total. The van der Waals surface area contributed by atoms with Gasteiger partial charge in [0.2, 0.25) is 0 Å². The highest BCUT2D eigenvalue weighted by Gasteiger charge is 2.06. The Morgan fingerprint density at radius 1 is 1.31 bits per heavy atom. The molecule has 2 heteroatoms. The van der Waals surface area contributed by atoms with Gasteiger partial charge < -0.3 is 10.4 Å². The molecule has 0 aromatic heterocycles.